The van der Waals surface area contributed by atoms with Gasteiger partial charge in [0.25, 0.3) is 0 Å². The number of fused-ring (bicyclic) bond motifs is 2. The molecule has 0 amide bonds. The first kappa shape index (κ1) is 20.0. The lowest BCUT2D eigenvalue weighted by Crippen LogP contribution is -2.54. The summed E-state index contributed by atoms with van der Waals surface area (Å²) in [5, 5.41) is 11.6. The van der Waals surface area contributed by atoms with Crippen LogP contribution >= 0.6 is 15.9 Å². The molecule has 4 heterocycles. The molecule has 10 nitrogen and oxygen atoms in total. The van der Waals surface area contributed by atoms with Crippen LogP contribution in [-0.2, 0) is 6.54 Å². The SMILES string of the molecule is COc1cccc2[nH]c(CNc3nc(N4C[C@@H](C)N[C@@H](C)C4)nn4c(Br)cnc34)nc12. The average Bonchev–Trinajstić information content (AvgIpc) is 3.34. The Morgan fingerprint density at radius 2 is 2.03 bits per heavy atom. The third-order valence-electron chi connectivity index (χ3n) is 5.32. The van der Waals surface area contributed by atoms with Gasteiger partial charge in [0.2, 0.25) is 5.95 Å². The number of ether oxygens (including phenoxy) is 1. The highest BCUT2D eigenvalue weighted by molar-refractivity contribution is 9.10. The van der Waals surface area contributed by atoms with Crippen LogP contribution in [0.5, 0.6) is 5.75 Å². The fourth-order valence-electron chi connectivity index (χ4n) is 4.06. The zero-order chi connectivity index (χ0) is 21.5. The predicted octanol–water partition coefficient (Wildman–Crippen LogP) is 2.57. The van der Waals surface area contributed by atoms with Crippen molar-refractivity contribution < 1.29 is 4.74 Å². The number of rotatable bonds is 5. The molecule has 0 spiro atoms. The molecule has 0 saturated carbocycles. The van der Waals surface area contributed by atoms with Crippen molar-refractivity contribution in [1.82, 2.24) is 34.9 Å². The number of imidazole rings is 2. The Hall–Kier alpha value is -2.92. The van der Waals surface area contributed by atoms with E-state index >= 15 is 0 Å². The number of halogens is 1. The summed E-state index contributed by atoms with van der Waals surface area (Å²) in [4.78, 5) is 19.5. The van der Waals surface area contributed by atoms with Crippen LogP contribution in [0.25, 0.3) is 16.7 Å². The van der Waals surface area contributed by atoms with Gasteiger partial charge in [0, 0.05) is 25.2 Å². The molecule has 0 bridgehead atoms. The van der Waals surface area contributed by atoms with Gasteiger partial charge in [-0.3, -0.25) is 0 Å². The number of methoxy groups -OCH3 is 1. The molecule has 4 aromatic rings. The number of nitrogens with one attached hydrogen (secondary N) is 3. The molecule has 31 heavy (non-hydrogen) atoms. The van der Waals surface area contributed by atoms with Gasteiger partial charge in [-0.25, -0.2) is 9.97 Å². The molecule has 0 radical (unpaired) electrons. The second kappa shape index (κ2) is 7.97. The van der Waals surface area contributed by atoms with Gasteiger partial charge < -0.3 is 25.3 Å². The highest BCUT2D eigenvalue weighted by atomic mass is 79.9. The van der Waals surface area contributed by atoms with E-state index in [9.17, 15) is 0 Å². The van der Waals surface area contributed by atoms with Gasteiger partial charge in [0.05, 0.1) is 25.4 Å². The van der Waals surface area contributed by atoms with Crippen molar-refractivity contribution in [2.75, 3.05) is 30.4 Å². The molecule has 1 saturated heterocycles. The van der Waals surface area contributed by atoms with Gasteiger partial charge in [-0.1, -0.05) is 6.07 Å². The van der Waals surface area contributed by atoms with Crippen LogP contribution in [0.1, 0.15) is 19.7 Å². The highest BCUT2D eigenvalue weighted by Crippen LogP contribution is 2.25. The summed E-state index contributed by atoms with van der Waals surface area (Å²) in [5.74, 6) is 2.85. The number of hydrogen-bond acceptors (Lipinski definition) is 8. The van der Waals surface area contributed by atoms with Crippen LogP contribution in [0.4, 0.5) is 11.8 Å². The number of piperazine rings is 1. The summed E-state index contributed by atoms with van der Waals surface area (Å²) in [6.45, 7) is 6.48. The lowest BCUT2D eigenvalue weighted by atomic mass is 10.1. The molecule has 0 unspecified atom stereocenters. The molecule has 5 rings (SSSR count). The maximum Gasteiger partial charge on any atom is 0.245 e. The number of anilines is 2. The summed E-state index contributed by atoms with van der Waals surface area (Å²) >= 11 is 3.54. The fourth-order valence-corrected chi connectivity index (χ4v) is 4.41. The van der Waals surface area contributed by atoms with Crippen LogP contribution < -0.4 is 20.3 Å². The first-order valence-electron chi connectivity index (χ1n) is 10.2. The second-order valence-corrected chi connectivity index (χ2v) is 8.66. The number of benzene rings is 1. The van der Waals surface area contributed by atoms with Gasteiger partial charge >= 0.3 is 0 Å². The van der Waals surface area contributed by atoms with Crippen LogP contribution in [0.2, 0.25) is 0 Å². The van der Waals surface area contributed by atoms with E-state index in [1.807, 2.05) is 18.2 Å². The largest absolute Gasteiger partial charge is 0.494 e. The average molecular weight is 486 g/mol. The molecule has 3 N–H and O–H groups in total. The molecule has 1 aliphatic rings. The van der Waals surface area contributed by atoms with Crippen molar-refractivity contribution in [2.24, 2.45) is 0 Å². The molecule has 1 aliphatic heterocycles. The molecule has 2 atom stereocenters. The lowest BCUT2D eigenvalue weighted by Gasteiger charge is -2.36. The Labute approximate surface area is 187 Å². The molecule has 1 fully saturated rings. The van der Waals surface area contributed by atoms with Crippen molar-refractivity contribution in [3.63, 3.8) is 0 Å². The van der Waals surface area contributed by atoms with Crippen molar-refractivity contribution >= 4 is 44.4 Å². The molecule has 11 heteroatoms. The van der Waals surface area contributed by atoms with E-state index in [4.69, 9.17) is 14.8 Å². The number of nitrogens with zero attached hydrogens (tertiary/aromatic N) is 6. The number of H-pyrrole nitrogens is 1. The Morgan fingerprint density at radius 1 is 1.23 bits per heavy atom. The summed E-state index contributed by atoms with van der Waals surface area (Å²) in [7, 11) is 1.65. The van der Waals surface area contributed by atoms with Crippen LogP contribution in [0.15, 0.2) is 29.0 Å². The topological polar surface area (TPSA) is 108 Å². The van der Waals surface area contributed by atoms with Crippen molar-refractivity contribution in [2.45, 2.75) is 32.5 Å². The third-order valence-corrected chi connectivity index (χ3v) is 5.86. The first-order chi connectivity index (χ1) is 15.0. The Balaban J connectivity index is 1.46. The Morgan fingerprint density at radius 3 is 2.81 bits per heavy atom. The van der Waals surface area contributed by atoms with Crippen molar-refractivity contribution in [3.05, 3.63) is 34.8 Å². The van der Waals surface area contributed by atoms with E-state index in [0.717, 1.165) is 40.3 Å². The predicted molar refractivity (Wildman–Crippen MR) is 123 cm³/mol. The minimum Gasteiger partial charge on any atom is -0.494 e. The normalized spacial score (nSPS) is 19.3. The van der Waals surface area contributed by atoms with Crippen LogP contribution in [0, 0.1) is 0 Å². The van der Waals surface area contributed by atoms with E-state index in [-0.39, 0.29) is 0 Å². The minimum atomic E-state index is 0.358. The zero-order valence-corrected chi connectivity index (χ0v) is 19.1. The minimum absolute atomic E-state index is 0.358. The van der Waals surface area contributed by atoms with Gasteiger partial charge in [-0.05, 0) is 41.9 Å². The van der Waals surface area contributed by atoms with E-state index in [1.54, 1.807) is 17.8 Å². The number of para-hydroxylation sites is 1. The van der Waals surface area contributed by atoms with E-state index < -0.39 is 0 Å². The van der Waals surface area contributed by atoms with E-state index in [2.05, 4.69) is 60.3 Å². The summed E-state index contributed by atoms with van der Waals surface area (Å²) in [5.41, 5.74) is 2.39. The van der Waals surface area contributed by atoms with E-state index in [0.29, 0.717) is 36.0 Å². The number of aromatic amines is 1. The van der Waals surface area contributed by atoms with E-state index in [1.165, 1.54) is 0 Å². The smallest absolute Gasteiger partial charge is 0.245 e. The molecule has 162 valence electrons. The summed E-state index contributed by atoms with van der Waals surface area (Å²) in [6, 6.07) is 6.53. The molecular formula is C20H24BrN9O. The van der Waals surface area contributed by atoms with Gasteiger partial charge in [-0.2, -0.15) is 9.50 Å². The summed E-state index contributed by atoms with van der Waals surface area (Å²) < 4.78 is 7.96. The lowest BCUT2D eigenvalue weighted by molar-refractivity contribution is 0.402. The van der Waals surface area contributed by atoms with Gasteiger partial charge in [0.15, 0.2) is 11.5 Å². The van der Waals surface area contributed by atoms with Crippen molar-refractivity contribution in [1.29, 1.82) is 0 Å². The molecule has 0 aliphatic carbocycles. The quantitative estimate of drug-likeness (QED) is 0.395. The number of hydrogen-bond donors (Lipinski definition) is 3. The fraction of sp³-hybridized carbons (Fsp3) is 0.400. The Kier molecular flexibility index (Phi) is 5.14. The number of aromatic nitrogens is 6. The first-order valence-corrected chi connectivity index (χ1v) is 11.0. The molecular weight excluding hydrogens is 462 g/mol. The molecule has 3 aromatic heterocycles. The molecule has 1 aromatic carbocycles. The second-order valence-electron chi connectivity index (χ2n) is 7.84. The highest BCUT2D eigenvalue weighted by Gasteiger charge is 2.24. The summed E-state index contributed by atoms with van der Waals surface area (Å²) in [6.07, 6.45) is 1.73. The van der Waals surface area contributed by atoms with Crippen molar-refractivity contribution in [3.8, 4) is 5.75 Å². The maximum atomic E-state index is 5.41. The van der Waals surface area contributed by atoms with Gasteiger partial charge in [0.1, 0.15) is 21.7 Å². The van der Waals surface area contributed by atoms with Crippen LogP contribution in [-0.4, -0.2) is 61.8 Å². The van der Waals surface area contributed by atoms with Crippen LogP contribution in [0.3, 0.4) is 0 Å². The standard InChI is InChI=1S/C20H24BrN9O/c1-11-9-29(10-12(2)24-11)20-27-18(19-23-7-15(21)30(19)28-20)22-8-16-25-13-5-4-6-14(31-3)17(13)26-16/h4-7,11-12,24H,8-10H2,1-3H3,(H,25,26)(H,22,27,28)/t11-,12+. The maximum absolute atomic E-state index is 5.41. The monoisotopic (exact) mass is 485 g/mol. The Bertz CT molecular complexity index is 1230. The third kappa shape index (κ3) is 3.79. The van der Waals surface area contributed by atoms with Gasteiger partial charge in [-0.15, -0.1) is 5.10 Å². The zero-order valence-electron chi connectivity index (χ0n) is 17.6.